The van der Waals surface area contributed by atoms with Crippen LogP contribution < -0.4 is 17.0 Å². The lowest BCUT2D eigenvalue weighted by Gasteiger charge is -2.27. The van der Waals surface area contributed by atoms with Crippen molar-refractivity contribution >= 4 is 11.6 Å². The second kappa shape index (κ2) is 5.83. The number of nitrogens with zero attached hydrogens (tertiary/aromatic N) is 1. The average Bonchev–Trinajstić information content (AvgIpc) is 2.68. The van der Waals surface area contributed by atoms with E-state index in [1.807, 2.05) is 5.38 Å². The van der Waals surface area contributed by atoms with Gasteiger partial charge in [-0.15, -0.1) is 0 Å². The van der Waals surface area contributed by atoms with E-state index in [0.29, 0.717) is 10.8 Å². The fraction of sp³-hybridized carbons (Fsp3) is 0.500. The molecule has 1 aromatic heterocycles. The summed E-state index contributed by atoms with van der Waals surface area (Å²) in [7, 11) is 0. The first-order valence-corrected chi connectivity index (χ1v) is 6.54. The maximum absolute atomic E-state index is 13.4. The van der Waals surface area contributed by atoms with Gasteiger partial charge in [0.1, 0.15) is 12.2 Å². The molecule has 2 rings (SSSR count). The van der Waals surface area contributed by atoms with E-state index in [1.165, 1.54) is 6.92 Å². The molecule has 0 aromatic carbocycles. The van der Waals surface area contributed by atoms with E-state index in [0.717, 1.165) is 0 Å². The van der Waals surface area contributed by atoms with Crippen molar-refractivity contribution in [3.05, 3.63) is 32.9 Å². The summed E-state index contributed by atoms with van der Waals surface area (Å²) in [5, 5.41) is 21.8. The Balaban J connectivity index is 2.61. The molecule has 0 aliphatic carbocycles. The smallest absolute Gasteiger partial charge is 0.330 e. The summed E-state index contributed by atoms with van der Waals surface area (Å²) < 4.78 is 19.4. The predicted octanol–water partition coefficient (Wildman–Crippen LogP) is -1.79. The lowest BCUT2D eigenvalue weighted by atomic mass is 9.90. The van der Waals surface area contributed by atoms with Gasteiger partial charge in [0, 0.05) is 5.38 Å². The molecule has 0 saturated carbocycles. The molecule has 2 unspecified atom stereocenters. The molecule has 8 nitrogen and oxygen atoms in total. The fourth-order valence-electron chi connectivity index (χ4n) is 2.28. The third-order valence-corrected chi connectivity index (χ3v) is 3.51. The molecule has 5 N–H and O–H groups in total. The van der Waals surface area contributed by atoms with Gasteiger partial charge in [-0.2, -0.15) is 4.39 Å². The Labute approximate surface area is 128 Å². The Morgan fingerprint density at radius 3 is 2.82 bits per heavy atom. The van der Waals surface area contributed by atoms with Crippen molar-refractivity contribution in [3.63, 3.8) is 0 Å². The van der Waals surface area contributed by atoms with Gasteiger partial charge in [0.2, 0.25) is 5.82 Å². The zero-order chi connectivity index (χ0) is 16.7. The van der Waals surface area contributed by atoms with Gasteiger partial charge in [-0.05, 0) is 18.5 Å². The Bertz CT molecular complexity index is 752. The van der Waals surface area contributed by atoms with E-state index in [1.54, 1.807) is 4.98 Å². The zero-order valence-corrected chi connectivity index (χ0v) is 12.0. The molecule has 1 saturated heterocycles. The van der Waals surface area contributed by atoms with Gasteiger partial charge in [-0.3, -0.25) is 14.3 Å². The number of halogens is 2. The van der Waals surface area contributed by atoms with E-state index in [4.69, 9.17) is 22.1 Å². The predicted molar refractivity (Wildman–Crippen MR) is 73.4 cm³/mol. The van der Waals surface area contributed by atoms with Gasteiger partial charge in [-0.25, -0.2) is 4.79 Å². The van der Waals surface area contributed by atoms with Gasteiger partial charge >= 0.3 is 5.69 Å². The van der Waals surface area contributed by atoms with Crippen LogP contribution in [0.2, 0.25) is 0 Å². The second-order valence-corrected chi connectivity index (χ2v) is 5.12. The molecule has 1 aliphatic heterocycles. The van der Waals surface area contributed by atoms with Crippen molar-refractivity contribution in [3.8, 4) is 11.3 Å². The summed E-state index contributed by atoms with van der Waals surface area (Å²) in [6.07, 6.45) is -4.73. The molecule has 0 amide bonds. The maximum Gasteiger partial charge on any atom is 0.330 e. The van der Waals surface area contributed by atoms with E-state index >= 15 is 0 Å². The molecule has 1 fully saturated rings. The first kappa shape index (κ1) is 16.7. The number of aliphatic hydroxyl groups is 2. The molecule has 5 atom stereocenters. The number of nitrogens with two attached hydrogens (primary N) is 1. The molecule has 22 heavy (non-hydrogen) atoms. The molecule has 120 valence electrons. The van der Waals surface area contributed by atoms with Crippen LogP contribution in [0, 0.1) is 17.1 Å². The SMILES string of the molecule is C[C@H](O)[C@H]1O[C@@H](n2cc(F)c(=O)[nH]c2=O)C(N)(C#CCl)C1O. The van der Waals surface area contributed by atoms with Crippen LogP contribution in [0.15, 0.2) is 15.8 Å². The summed E-state index contributed by atoms with van der Waals surface area (Å²) >= 11 is 5.32. The second-order valence-electron chi connectivity index (χ2n) is 4.93. The quantitative estimate of drug-likeness (QED) is 0.473. The molecular weight excluding hydrogens is 321 g/mol. The number of H-pyrrole nitrogens is 1. The molecule has 10 heteroatoms. The van der Waals surface area contributed by atoms with Crippen molar-refractivity contribution in [2.45, 2.75) is 37.0 Å². The van der Waals surface area contributed by atoms with Crippen molar-refractivity contribution in [2.24, 2.45) is 5.73 Å². The summed E-state index contributed by atoms with van der Waals surface area (Å²) in [5.41, 5.74) is 1.84. The van der Waals surface area contributed by atoms with Crippen LogP contribution >= 0.6 is 11.6 Å². The molecule has 2 heterocycles. The number of aromatic amines is 1. The van der Waals surface area contributed by atoms with E-state index in [-0.39, 0.29) is 0 Å². The van der Waals surface area contributed by atoms with Gasteiger partial charge in [0.25, 0.3) is 5.56 Å². The zero-order valence-electron chi connectivity index (χ0n) is 11.3. The normalized spacial score (nSPS) is 32.4. The first-order valence-electron chi connectivity index (χ1n) is 6.16. The Kier molecular flexibility index (Phi) is 4.42. The number of aliphatic hydroxyl groups excluding tert-OH is 2. The lowest BCUT2D eigenvalue weighted by Crippen LogP contribution is -2.55. The summed E-state index contributed by atoms with van der Waals surface area (Å²) in [6, 6.07) is 0. The van der Waals surface area contributed by atoms with Crippen molar-refractivity contribution in [1.82, 2.24) is 9.55 Å². The Hall–Kier alpha value is -1.70. The molecule has 0 spiro atoms. The van der Waals surface area contributed by atoms with E-state index in [2.05, 4.69) is 5.92 Å². The largest absolute Gasteiger partial charge is 0.391 e. The monoisotopic (exact) mass is 333 g/mol. The number of hydrogen-bond donors (Lipinski definition) is 4. The topological polar surface area (TPSA) is 131 Å². The van der Waals surface area contributed by atoms with Crippen LogP contribution in [0.1, 0.15) is 13.2 Å². The molecule has 0 radical (unpaired) electrons. The minimum absolute atomic E-state index is 0.584. The highest BCUT2D eigenvalue weighted by Crippen LogP contribution is 2.37. The number of hydrogen-bond acceptors (Lipinski definition) is 6. The number of nitrogens with one attached hydrogen (secondary N) is 1. The minimum Gasteiger partial charge on any atom is -0.391 e. The van der Waals surface area contributed by atoms with Crippen LogP contribution in [-0.2, 0) is 4.74 Å². The standard InChI is InChI=1S/C12H13ClFN3O5/c1-5(18)7-8(19)12(15,2-3-13)10(22-7)17-4-6(14)9(20)16-11(17)21/h4-5,7-8,10,18-19H,15H2,1H3,(H,16,20,21)/t5-,7+,8?,10+,12?/m0/s1. The Morgan fingerprint density at radius 2 is 2.27 bits per heavy atom. The van der Waals surface area contributed by atoms with Gasteiger partial charge in [-0.1, -0.05) is 5.92 Å². The highest BCUT2D eigenvalue weighted by Gasteiger charge is 2.56. The number of rotatable bonds is 2. The summed E-state index contributed by atoms with van der Waals surface area (Å²) in [4.78, 5) is 24.6. The number of aromatic nitrogens is 2. The van der Waals surface area contributed by atoms with E-state index in [9.17, 15) is 24.2 Å². The minimum atomic E-state index is -1.89. The van der Waals surface area contributed by atoms with Crippen LogP contribution in [0.25, 0.3) is 0 Å². The van der Waals surface area contributed by atoms with Gasteiger partial charge in [0.05, 0.1) is 12.3 Å². The number of ether oxygens (including phenoxy) is 1. The highest BCUT2D eigenvalue weighted by atomic mass is 35.5. The van der Waals surface area contributed by atoms with Gasteiger partial charge < -0.3 is 20.7 Å². The lowest BCUT2D eigenvalue weighted by molar-refractivity contribution is -0.0781. The van der Waals surface area contributed by atoms with Crippen LogP contribution in [0.3, 0.4) is 0 Å². The third-order valence-electron chi connectivity index (χ3n) is 3.41. The van der Waals surface area contributed by atoms with Crippen LogP contribution in [0.5, 0.6) is 0 Å². The van der Waals surface area contributed by atoms with Crippen molar-refractivity contribution in [1.29, 1.82) is 0 Å². The molecular formula is C12H13ClFN3O5. The van der Waals surface area contributed by atoms with E-state index < -0.39 is 47.1 Å². The van der Waals surface area contributed by atoms with Crippen molar-refractivity contribution in [2.75, 3.05) is 0 Å². The van der Waals surface area contributed by atoms with Gasteiger partial charge in [0.15, 0.2) is 11.8 Å². The van der Waals surface area contributed by atoms with Crippen molar-refractivity contribution < 1.29 is 19.3 Å². The molecule has 0 bridgehead atoms. The highest BCUT2D eigenvalue weighted by molar-refractivity contribution is 6.30. The first-order chi connectivity index (χ1) is 10.2. The van der Waals surface area contributed by atoms with Crippen LogP contribution in [-0.4, -0.2) is 43.6 Å². The van der Waals surface area contributed by atoms with Crippen LogP contribution in [0.4, 0.5) is 4.39 Å². The molecule has 1 aliphatic rings. The summed E-state index contributed by atoms with van der Waals surface area (Å²) in [6.45, 7) is 1.33. The molecule has 1 aromatic rings. The average molecular weight is 334 g/mol. The third kappa shape index (κ3) is 2.55. The summed E-state index contributed by atoms with van der Waals surface area (Å²) in [5.74, 6) is 1.05. The Morgan fingerprint density at radius 1 is 1.64 bits per heavy atom. The fourth-order valence-corrected chi connectivity index (χ4v) is 2.44. The maximum atomic E-state index is 13.4.